The van der Waals surface area contributed by atoms with Crippen LogP contribution in [0.5, 0.6) is 5.75 Å². The number of nitrogens with one attached hydrogen (secondary N) is 1. The average Bonchev–Trinajstić information content (AvgIpc) is 2.49. The predicted octanol–water partition coefficient (Wildman–Crippen LogP) is 3.40. The Balaban J connectivity index is 2.35. The largest absolute Gasteiger partial charge is 0.492 e. The molecule has 0 saturated carbocycles. The summed E-state index contributed by atoms with van der Waals surface area (Å²) >= 11 is 0. The Hall–Kier alpha value is -2.34. The minimum atomic E-state index is -3.78. The standard InChI is InChI=1S/C17H19NO4S/c1-4-22-16-10-5-12(2)11-17(16)23(20,21)18-15-8-6-14(7-9-15)13(3)19/h5-11,18H,4H2,1-3H3. The van der Waals surface area contributed by atoms with Gasteiger partial charge in [-0.15, -0.1) is 0 Å². The maximum Gasteiger partial charge on any atom is 0.265 e. The maximum absolute atomic E-state index is 12.6. The summed E-state index contributed by atoms with van der Waals surface area (Å²) < 4.78 is 33.1. The van der Waals surface area contributed by atoms with Crippen molar-refractivity contribution in [3.05, 3.63) is 53.6 Å². The predicted molar refractivity (Wildman–Crippen MR) is 89.6 cm³/mol. The van der Waals surface area contributed by atoms with Crippen molar-refractivity contribution in [3.63, 3.8) is 0 Å². The van der Waals surface area contributed by atoms with Gasteiger partial charge in [0, 0.05) is 11.3 Å². The molecule has 0 bridgehead atoms. The van der Waals surface area contributed by atoms with Crippen LogP contribution < -0.4 is 9.46 Å². The average molecular weight is 333 g/mol. The Labute approximate surface area is 136 Å². The lowest BCUT2D eigenvalue weighted by molar-refractivity contribution is 0.101. The molecule has 2 aromatic carbocycles. The number of aryl methyl sites for hydroxylation is 1. The van der Waals surface area contributed by atoms with Crippen LogP contribution in [0.25, 0.3) is 0 Å². The summed E-state index contributed by atoms with van der Waals surface area (Å²) in [4.78, 5) is 11.4. The summed E-state index contributed by atoms with van der Waals surface area (Å²) in [7, 11) is -3.78. The third kappa shape index (κ3) is 4.10. The molecule has 6 heteroatoms. The van der Waals surface area contributed by atoms with Crippen LogP contribution in [-0.2, 0) is 10.0 Å². The van der Waals surface area contributed by atoms with Crippen LogP contribution in [0.4, 0.5) is 5.69 Å². The highest BCUT2D eigenvalue weighted by Crippen LogP contribution is 2.27. The molecule has 0 unspecified atom stereocenters. The van der Waals surface area contributed by atoms with E-state index < -0.39 is 10.0 Å². The van der Waals surface area contributed by atoms with E-state index in [1.165, 1.54) is 6.92 Å². The number of carbonyl (C=O) groups is 1. The first-order valence-electron chi connectivity index (χ1n) is 7.21. The second-order valence-corrected chi connectivity index (χ2v) is 6.77. The van der Waals surface area contributed by atoms with Crippen molar-refractivity contribution < 1.29 is 17.9 Å². The SMILES string of the molecule is CCOc1ccc(C)cc1S(=O)(=O)Nc1ccc(C(C)=O)cc1. The number of anilines is 1. The van der Waals surface area contributed by atoms with Gasteiger partial charge in [-0.25, -0.2) is 8.42 Å². The fraction of sp³-hybridized carbons (Fsp3) is 0.235. The van der Waals surface area contributed by atoms with E-state index in [4.69, 9.17) is 4.74 Å². The number of sulfonamides is 1. The van der Waals surface area contributed by atoms with Crippen LogP contribution in [0.15, 0.2) is 47.4 Å². The van der Waals surface area contributed by atoms with Crippen LogP contribution in [0.1, 0.15) is 29.8 Å². The van der Waals surface area contributed by atoms with Crippen LogP contribution >= 0.6 is 0 Å². The lowest BCUT2D eigenvalue weighted by Crippen LogP contribution is -2.15. The highest BCUT2D eigenvalue weighted by Gasteiger charge is 2.20. The van der Waals surface area contributed by atoms with E-state index in [-0.39, 0.29) is 10.7 Å². The normalized spacial score (nSPS) is 11.1. The van der Waals surface area contributed by atoms with E-state index in [1.54, 1.807) is 49.4 Å². The van der Waals surface area contributed by atoms with E-state index in [2.05, 4.69) is 4.72 Å². The third-order valence-electron chi connectivity index (χ3n) is 3.23. The molecule has 0 spiro atoms. The molecule has 0 saturated heterocycles. The van der Waals surface area contributed by atoms with Gasteiger partial charge in [0.25, 0.3) is 10.0 Å². The number of ketones is 1. The van der Waals surface area contributed by atoms with E-state index in [1.807, 2.05) is 6.92 Å². The zero-order chi connectivity index (χ0) is 17.0. The van der Waals surface area contributed by atoms with Gasteiger partial charge >= 0.3 is 0 Å². The molecule has 0 aliphatic rings. The molecule has 0 aromatic heterocycles. The van der Waals surface area contributed by atoms with Gasteiger partial charge < -0.3 is 4.74 Å². The van der Waals surface area contributed by atoms with Crippen molar-refractivity contribution in [2.45, 2.75) is 25.7 Å². The Morgan fingerprint density at radius 1 is 1.13 bits per heavy atom. The minimum Gasteiger partial charge on any atom is -0.492 e. The Bertz CT molecular complexity index is 811. The number of rotatable bonds is 6. The topological polar surface area (TPSA) is 72.5 Å². The molecule has 122 valence electrons. The van der Waals surface area contributed by atoms with Crippen molar-refractivity contribution in [1.82, 2.24) is 0 Å². The van der Waals surface area contributed by atoms with E-state index in [0.29, 0.717) is 23.6 Å². The smallest absolute Gasteiger partial charge is 0.265 e. The van der Waals surface area contributed by atoms with Crippen molar-refractivity contribution in [2.75, 3.05) is 11.3 Å². The number of hydrogen-bond donors (Lipinski definition) is 1. The summed E-state index contributed by atoms with van der Waals surface area (Å²) in [5.74, 6) is 0.239. The fourth-order valence-corrected chi connectivity index (χ4v) is 3.37. The van der Waals surface area contributed by atoms with Crippen LogP contribution in [0.2, 0.25) is 0 Å². The molecule has 0 aliphatic heterocycles. The van der Waals surface area contributed by atoms with Crippen LogP contribution in [0.3, 0.4) is 0 Å². The molecule has 0 heterocycles. The zero-order valence-electron chi connectivity index (χ0n) is 13.3. The molecular formula is C17H19NO4S. The highest BCUT2D eigenvalue weighted by atomic mass is 32.2. The van der Waals surface area contributed by atoms with Gasteiger partial charge in [0.1, 0.15) is 10.6 Å². The van der Waals surface area contributed by atoms with Crippen molar-refractivity contribution in [1.29, 1.82) is 0 Å². The lowest BCUT2D eigenvalue weighted by Gasteiger charge is -2.13. The van der Waals surface area contributed by atoms with Gasteiger partial charge in [0.15, 0.2) is 5.78 Å². The Morgan fingerprint density at radius 3 is 2.35 bits per heavy atom. The summed E-state index contributed by atoms with van der Waals surface area (Å²) in [6, 6.07) is 11.3. The van der Waals surface area contributed by atoms with E-state index in [0.717, 1.165) is 5.56 Å². The zero-order valence-corrected chi connectivity index (χ0v) is 14.1. The van der Waals surface area contributed by atoms with Gasteiger partial charge in [-0.2, -0.15) is 0 Å². The van der Waals surface area contributed by atoms with Crippen molar-refractivity contribution >= 4 is 21.5 Å². The number of hydrogen-bond acceptors (Lipinski definition) is 4. The van der Waals surface area contributed by atoms with Gasteiger partial charge in [-0.3, -0.25) is 9.52 Å². The first kappa shape index (κ1) is 17.0. The van der Waals surface area contributed by atoms with Gasteiger partial charge in [-0.1, -0.05) is 6.07 Å². The summed E-state index contributed by atoms with van der Waals surface area (Å²) in [5.41, 5.74) is 1.73. The number of ether oxygens (including phenoxy) is 1. The van der Waals surface area contributed by atoms with Crippen LogP contribution in [0, 0.1) is 6.92 Å². The summed E-state index contributed by atoms with van der Waals surface area (Å²) in [6.45, 7) is 5.44. The molecule has 2 aromatic rings. The molecule has 0 aliphatic carbocycles. The molecule has 0 amide bonds. The first-order valence-corrected chi connectivity index (χ1v) is 8.69. The van der Waals surface area contributed by atoms with Crippen molar-refractivity contribution in [3.8, 4) is 5.75 Å². The maximum atomic E-state index is 12.6. The molecule has 0 radical (unpaired) electrons. The van der Waals surface area contributed by atoms with Gasteiger partial charge in [0.05, 0.1) is 6.61 Å². The van der Waals surface area contributed by atoms with Crippen molar-refractivity contribution in [2.24, 2.45) is 0 Å². The first-order chi connectivity index (χ1) is 10.8. The monoisotopic (exact) mass is 333 g/mol. The summed E-state index contributed by atoms with van der Waals surface area (Å²) in [6.07, 6.45) is 0. The molecule has 2 rings (SSSR count). The van der Waals surface area contributed by atoms with E-state index in [9.17, 15) is 13.2 Å². The summed E-state index contributed by atoms with van der Waals surface area (Å²) in [5, 5.41) is 0. The van der Waals surface area contributed by atoms with Crippen LogP contribution in [-0.4, -0.2) is 20.8 Å². The van der Waals surface area contributed by atoms with Gasteiger partial charge in [0.2, 0.25) is 0 Å². The number of carbonyl (C=O) groups excluding carboxylic acids is 1. The number of benzene rings is 2. The molecular weight excluding hydrogens is 314 g/mol. The molecule has 1 N–H and O–H groups in total. The molecule has 0 atom stereocenters. The highest BCUT2D eigenvalue weighted by molar-refractivity contribution is 7.92. The quantitative estimate of drug-likeness (QED) is 0.822. The Kier molecular flexibility index (Phi) is 5.05. The molecule has 0 fully saturated rings. The molecule has 23 heavy (non-hydrogen) atoms. The lowest BCUT2D eigenvalue weighted by atomic mass is 10.1. The minimum absolute atomic E-state index is 0.0725. The Morgan fingerprint density at radius 2 is 1.78 bits per heavy atom. The second-order valence-electron chi connectivity index (χ2n) is 5.12. The molecule has 5 nitrogen and oxygen atoms in total. The second kappa shape index (κ2) is 6.83. The fourth-order valence-electron chi connectivity index (χ4n) is 2.08. The number of Topliss-reactive ketones (excluding diaryl/α,β-unsaturated/α-hetero) is 1. The van der Waals surface area contributed by atoms with Gasteiger partial charge in [-0.05, 0) is 62.7 Å². The third-order valence-corrected chi connectivity index (χ3v) is 4.63. The van der Waals surface area contributed by atoms with E-state index >= 15 is 0 Å².